The lowest BCUT2D eigenvalue weighted by molar-refractivity contribution is 0.213. The summed E-state index contributed by atoms with van der Waals surface area (Å²) in [6, 6.07) is 32.3. The molecular formula is C31H31NO2. The molecule has 0 fully saturated rings. The first-order chi connectivity index (χ1) is 16.6. The van der Waals surface area contributed by atoms with Gasteiger partial charge in [0.05, 0.1) is 0 Å². The van der Waals surface area contributed by atoms with Crippen molar-refractivity contribution in [3.63, 3.8) is 0 Å². The molecule has 1 aliphatic rings. The summed E-state index contributed by atoms with van der Waals surface area (Å²) in [6.07, 6.45) is 1.16. The first kappa shape index (κ1) is 22.4. The summed E-state index contributed by atoms with van der Waals surface area (Å²) in [5.41, 5.74) is 10.1. The number of hydrogen-bond donors (Lipinski definition) is 2. The molecule has 0 unspecified atom stereocenters. The molecular weight excluding hydrogens is 418 g/mol. The van der Waals surface area contributed by atoms with Gasteiger partial charge in [-0.05, 0) is 85.3 Å². The van der Waals surface area contributed by atoms with Crippen LogP contribution in [-0.2, 0) is 5.41 Å². The summed E-state index contributed by atoms with van der Waals surface area (Å²) in [6.45, 7) is 4.34. The molecule has 0 aliphatic heterocycles. The Morgan fingerprint density at radius 1 is 0.588 bits per heavy atom. The zero-order valence-electron chi connectivity index (χ0n) is 19.8. The third-order valence-electron chi connectivity index (χ3n) is 7.17. The van der Waals surface area contributed by atoms with Crippen molar-refractivity contribution < 1.29 is 10.2 Å². The number of hydrogen-bond acceptors (Lipinski definition) is 3. The van der Waals surface area contributed by atoms with E-state index in [1.54, 1.807) is 0 Å². The Bertz CT molecular complexity index is 1240. The third kappa shape index (κ3) is 3.71. The average molecular weight is 450 g/mol. The van der Waals surface area contributed by atoms with Crippen LogP contribution in [0.3, 0.4) is 0 Å². The van der Waals surface area contributed by atoms with Crippen molar-refractivity contribution >= 4 is 17.1 Å². The molecule has 3 heteroatoms. The fraction of sp³-hybridized carbons (Fsp3) is 0.226. The monoisotopic (exact) mass is 449 g/mol. The fourth-order valence-electron chi connectivity index (χ4n) is 5.46. The lowest BCUT2D eigenvalue weighted by Gasteiger charge is -2.32. The summed E-state index contributed by atoms with van der Waals surface area (Å²) in [5.74, 6) is 0. The van der Waals surface area contributed by atoms with Crippen molar-refractivity contribution in [2.24, 2.45) is 0 Å². The van der Waals surface area contributed by atoms with Gasteiger partial charge in [-0.3, -0.25) is 0 Å². The summed E-state index contributed by atoms with van der Waals surface area (Å²) in [5, 5.41) is 20.1. The van der Waals surface area contributed by atoms with E-state index in [9.17, 15) is 10.2 Å². The lowest BCUT2D eigenvalue weighted by atomic mass is 9.73. The van der Waals surface area contributed by atoms with E-state index in [-0.39, 0.29) is 13.2 Å². The van der Waals surface area contributed by atoms with Crippen LogP contribution in [0.1, 0.15) is 35.1 Å². The van der Waals surface area contributed by atoms with Crippen LogP contribution >= 0.6 is 0 Å². The number of fused-ring (bicyclic) bond motifs is 3. The van der Waals surface area contributed by atoms with Crippen LogP contribution in [0.15, 0.2) is 91.0 Å². The molecule has 2 N–H and O–H groups in total. The number of aliphatic hydroxyl groups is 2. The maximum Gasteiger partial charge on any atom is 0.0465 e. The van der Waals surface area contributed by atoms with Gasteiger partial charge >= 0.3 is 0 Å². The van der Waals surface area contributed by atoms with E-state index in [0.29, 0.717) is 12.8 Å². The zero-order chi connectivity index (χ0) is 23.7. The number of anilines is 3. The maximum atomic E-state index is 10.1. The van der Waals surface area contributed by atoms with Crippen LogP contribution in [0.2, 0.25) is 0 Å². The Morgan fingerprint density at radius 3 is 1.65 bits per heavy atom. The molecule has 0 aromatic heterocycles. The standard InChI is InChI=1S/C31H31NO2/c1-22-7-11-24(12-8-22)32(25-13-9-23(2)10-14-25)26-15-16-28-27-5-3-4-6-29(27)31(17-19-33,18-20-34)30(28)21-26/h3-16,21,33-34H,17-20H2,1-2H3. The predicted octanol–water partition coefficient (Wildman–Crippen LogP) is 6.80. The second-order valence-corrected chi connectivity index (χ2v) is 9.31. The lowest BCUT2D eigenvalue weighted by Crippen LogP contribution is -2.28. The van der Waals surface area contributed by atoms with Crippen molar-refractivity contribution in [2.45, 2.75) is 32.1 Å². The molecule has 34 heavy (non-hydrogen) atoms. The Kier molecular flexibility index (Phi) is 5.99. The Hall–Kier alpha value is -3.40. The van der Waals surface area contributed by atoms with Crippen molar-refractivity contribution in [1.82, 2.24) is 0 Å². The largest absolute Gasteiger partial charge is 0.396 e. The van der Waals surface area contributed by atoms with Crippen molar-refractivity contribution in [3.8, 4) is 11.1 Å². The molecule has 0 spiro atoms. The SMILES string of the molecule is Cc1ccc(N(c2ccc(C)cc2)c2ccc3c(c2)C(CCO)(CCO)c2ccccc2-3)cc1. The topological polar surface area (TPSA) is 43.7 Å². The van der Waals surface area contributed by atoms with Crippen LogP contribution in [0.5, 0.6) is 0 Å². The minimum atomic E-state index is -0.405. The number of benzene rings is 4. The molecule has 1 aliphatic carbocycles. The van der Waals surface area contributed by atoms with E-state index in [4.69, 9.17) is 0 Å². The highest BCUT2D eigenvalue weighted by Gasteiger charge is 2.42. The zero-order valence-corrected chi connectivity index (χ0v) is 19.8. The van der Waals surface area contributed by atoms with Gasteiger partial charge in [0.25, 0.3) is 0 Å². The van der Waals surface area contributed by atoms with Crippen molar-refractivity contribution in [3.05, 3.63) is 113 Å². The van der Waals surface area contributed by atoms with Crippen molar-refractivity contribution in [2.75, 3.05) is 18.1 Å². The van der Waals surface area contributed by atoms with E-state index in [1.165, 1.54) is 33.4 Å². The summed E-state index contributed by atoms with van der Waals surface area (Å²) in [4.78, 5) is 2.28. The van der Waals surface area contributed by atoms with Crippen LogP contribution in [0.25, 0.3) is 11.1 Å². The highest BCUT2D eigenvalue weighted by molar-refractivity contribution is 5.85. The average Bonchev–Trinajstić information content (AvgIpc) is 3.12. The summed E-state index contributed by atoms with van der Waals surface area (Å²) >= 11 is 0. The second-order valence-electron chi connectivity index (χ2n) is 9.31. The number of rotatable bonds is 7. The molecule has 0 amide bonds. The van der Waals surface area contributed by atoms with Gasteiger partial charge in [0.1, 0.15) is 0 Å². The molecule has 4 aromatic carbocycles. The van der Waals surface area contributed by atoms with Gasteiger partial charge in [-0.15, -0.1) is 0 Å². The molecule has 5 rings (SSSR count). The molecule has 0 atom stereocenters. The Balaban J connectivity index is 1.72. The van der Waals surface area contributed by atoms with Crippen LogP contribution < -0.4 is 4.90 Å². The van der Waals surface area contributed by atoms with E-state index in [0.717, 1.165) is 17.1 Å². The van der Waals surface area contributed by atoms with Crippen molar-refractivity contribution in [1.29, 1.82) is 0 Å². The highest BCUT2D eigenvalue weighted by atomic mass is 16.3. The molecule has 172 valence electrons. The highest BCUT2D eigenvalue weighted by Crippen LogP contribution is 2.54. The Labute approximate surface area is 201 Å². The van der Waals surface area contributed by atoms with E-state index < -0.39 is 5.41 Å². The van der Waals surface area contributed by atoms with Gasteiger partial charge in [0.2, 0.25) is 0 Å². The summed E-state index contributed by atoms with van der Waals surface area (Å²) < 4.78 is 0. The third-order valence-corrected chi connectivity index (χ3v) is 7.17. The molecule has 0 saturated heterocycles. The van der Waals surface area contributed by atoms with Gasteiger partial charge in [-0.2, -0.15) is 0 Å². The Morgan fingerprint density at radius 2 is 1.09 bits per heavy atom. The second kappa shape index (κ2) is 9.09. The number of aryl methyl sites for hydroxylation is 2. The predicted molar refractivity (Wildman–Crippen MR) is 140 cm³/mol. The van der Waals surface area contributed by atoms with Gasteiger partial charge < -0.3 is 15.1 Å². The first-order valence-corrected chi connectivity index (χ1v) is 12.0. The molecule has 0 radical (unpaired) electrons. The van der Waals surface area contributed by atoms with Gasteiger partial charge in [-0.1, -0.05) is 65.7 Å². The maximum absolute atomic E-state index is 10.1. The van der Waals surface area contributed by atoms with E-state index in [2.05, 4.69) is 110 Å². The summed E-state index contributed by atoms with van der Waals surface area (Å²) in [7, 11) is 0. The van der Waals surface area contributed by atoms with Gasteiger partial charge in [0, 0.05) is 35.7 Å². The molecule has 0 heterocycles. The molecule has 0 bridgehead atoms. The smallest absolute Gasteiger partial charge is 0.0465 e. The van der Waals surface area contributed by atoms with E-state index in [1.807, 2.05) is 0 Å². The minimum Gasteiger partial charge on any atom is -0.396 e. The quantitative estimate of drug-likeness (QED) is 0.326. The van der Waals surface area contributed by atoms with E-state index >= 15 is 0 Å². The van der Waals surface area contributed by atoms with Gasteiger partial charge in [-0.25, -0.2) is 0 Å². The van der Waals surface area contributed by atoms with Crippen LogP contribution in [0.4, 0.5) is 17.1 Å². The molecule has 4 aromatic rings. The number of aliphatic hydroxyl groups excluding tert-OH is 2. The fourth-order valence-corrected chi connectivity index (χ4v) is 5.46. The van der Waals surface area contributed by atoms with Gasteiger partial charge in [0.15, 0.2) is 0 Å². The molecule has 0 saturated carbocycles. The molecule has 3 nitrogen and oxygen atoms in total. The first-order valence-electron chi connectivity index (χ1n) is 12.0. The van der Waals surface area contributed by atoms with Crippen LogP contribution in [0, 0.1) is 13.8 Å². The normalized spacial score (nSPS) is 13.4. The van der Waals surface area contributed by atoms with Crippen LogP contribution in [-0.4, -0.2) is 23.4 Å². The minimum absolute atomic E-state index is 0.0671. The number of nitrogens with zero attached hydrogens (tertiary/aromatic N) is 1.